The molecule has 30 heavy (non-hydrogen) atoms. The van der Waals surface area contributed by atoms with E-state index in [1.165, 1.54) is 27.7 Å². The number of ether oxygens (including phenoxy) is 1. The number of carbonyl (C=O) groups excluding carboxylic acids is 1. The monoisotopic (exact) mass is 399 g/mol. The Kier molecular flexibility index (Phi) is 5.08. The number of carbonyl (C=O) groups is 1. The Hall–Kier alpha value is -3.53. The lowest BCUT2D eigenvalue weighted by atomic mass is 9.81. The number of rotatable bonds is 5. The Morgan fingerprint density at radius 3 is 2.63 bits per heavy atom. The number of allylic oxidation sites excluding steroid dienone is 3. The van der Waals surface area contributed by atoms with E-state index in [1.807, 2.05) is 12.2 Å². The third kappa shape index (κ3) is 3.24. The highest BCUT2D eigenvalue weighted by Gasteiger charge is 2.40. The van der Waals surface area contributed by atoms with Crippen molar-refractivity contribution in [3.8, 4) is 11.5 Å². The number of aromatic hydroxyl groups is 1. The van der Waals surface area contributed by atoms with Crippen LogP contribution in [-0.2, 0) is 10.2 Å². The molecule has 152 valence electrons. The van der Waals surface area contributed by atoms with Crippen LogP contribution in [0.3, 0.4) is 0 Å². The number of hydrogen-bond acceptors (Lipinski definition) is 4. The molecule has 0 amide bonds. The van der Waals surface area contributed by atoms with Crippen molar-refractivity contribution in [2.24, 2.45) is 0 Å². The second-order valence-electron chi connectivity index (χ2n) is 7.90. The molecule has 3 aromatic carbocycles. The van der Waals surface area contributed by atoms with E-state index in [9.17, 15) is 9.90 Å². The Morgan fingerprint density at radius 1 is 1.10 bits per heavy atom. The molecule has 1 heterocycles. The highest BCUT2D eigenvalue weighted by atomic mass is 16.5. The molecule has 0 atom stereocenters. The molecule has 4 heteroatoms. The molecule has 0 spiro atoms. The number of benzene rings is 3. The van der Waals surface area contributed by atoms with Crippen LogP contribution in [0.5, 0.6) is 11.5 Å². The molecule has 1 N–H and O–H groups in total. The van der Waals surface area contributed by atoms with Gasteiger partial charge in [0.25, 0.3) is 6.47 Å². The van der Waals surface area contributed by atoms with Gasteiger partial charge in [-0.25, -0.2) is 0 Å². The van der Waals surface area contributed by atoms with Gasteiger partial charge in [0.05, 0.1) is 0 Å². The first-order valence-corrected chi connectivity index (χ1v) is 10.1. The molecule has 0 aliphatic carbocycles. The number of nitrogens with zero attached hydrogens (tertiary/aromatic N) is 1. The molecular formula is C26H25NO3. The first kappa shape index (κ1) is 19.8. The van der Waals surface area contributed by atoms with Crippen molar-refractivity contribution in [3.63, 3.8) is 0 Å². The summed E-state index contributed by atoms with van der Waals surface area (Å²) in [6.07, 6.45) is 6.08. The van der Waals surface area contributed by atoms with E-state index in [-0.39, 0.29) is 16.9 Å². The summed E-state index contributed by atoms with van der Waals surface area (Å²) < 4.78 is 4.73. The largest absolute Gasteiger partial charge is 0.504 e. The number of fused-ring (bicyclic) bond motifs is 3. The highest BCUT2D eigenvalue weighted by Crippen LogP contribution is 2.50. The predicted octanol–water partition coefficient (Wildman–Crippen LogP) is 5.80. The molecule has 0 radical (unpaired) electrons. The van der Waals surface area contributed by atoms with Crippen LogP contribution < -0.4 is 9.64 Å². The SMILES string of the molecule is CCN1/C(=C/C=C/c2ccc(OC=O)c(O)c2)C(C)(C)c2c1ccc1ccccc21. The maximum Gasteiger partial charge on any atom is 0.298 e. The quantitative estimate of drug-likeness (QED) is 0.551. The van der Waals surface area contributed by atoms with E-state index in [0.717, 1.165) is 12.1 Å². The number of likely N-dealkylation sites (N-methyl/N-ethyl adjacent to an activating group) is 1. The van der Waals surface area contributed by atoms with Gasteiger partial charge in [0, 0.05) is 23.3 Å². The minimum absolute atomic E-state index is 0.0628. The summed E-state index contributed by atoms with van der Waals surface area (Å²) >= 11 is 0. The average Bonchev–Trinajstić information content (AvgIpc) is 2.96. The maximum atomic E-state index is 10.5. The van der Waals surface area contributed by atoms with Gasteiger partial charge in [-0.05, 0) is 53.1 Å². The molecule has 0 unspecified atom stereocenters. The van der Waals surface area contributed by atoms with Gasteiger partial charge in [-0.3, -0.25) is 4.79 Å². The molecule has 4 rings (SSSR count). The van der Waals surface area contributed by atoms with Gasteiger partial charge in [-0.15, -0.1) is 0 Å². The van der Waals surface area contributed by atoms with Crippen LogP contribution in [0.2, 0.25) is 0 Å². The third-order valence-electron chi connectivity index (χ3n) is 5.77. The molecule has 1 aliphatic rings. The van der Waals surface area contributed by atoms with Gasteiger partial charge >= 0.3 is 0 Å². The normalized spacial score (nSPS) is 16.4. The molecular weight excluding hydrogens is 374 g/mol. The number of phenols is 1. The van der Waals surface area contributed by atoms with Crippen molar-refractivity contribution in [2.45, 2.75) is 26.2 Å². The van der Waals surface area contributed by atoms with Crippen LogP contribution in [-0.4, -0.2) is 18.1 Å². The van der Waals surface area contributed by atoms with Crippen LogP contribution in [0.15, 0.2) is 72.4 Å². The summed E-state index contributed by atoms with van der Waals surface area (Å²) in [5, 5.41) is 12.5. The first-order chi connectivity index (χ1) is 14.5. The summed E-state index contributed by atoms with van der Waals surface area (Å²) in [6, 6.07) is 17.9. The Labute approximate surface area is 176 Å². The van der Waals surface area contributed by atoms with Crippen LogP contribution in [0.25, 0.3) is 16.8 Å². The minimum atomic E-state index is -0.139. The molecule has 0 bridgehead atoms. The van der Waals surface area contributed by atoms with Crippen molar-refractivity contribution in [1.82, 2.24) is 0 Å². The Morgan fingerprint density at radius 2 is 1.90 bits per heavy atom. The fourth-order valence-electron chi connectivity index (χ4n) is 4.42. The number of phenolic OH excluding ortho intramolecular Hbond substituents is 1. The third-order valence-corrected chi connectivity index (χ3v) is 5.77. The lowest BCUT2D eigenvalue weighted by Gasteiger charge is -2.26. The molecule has 0 saturated heterocycles. The number of anilines is 1. The summed E-state index contributed by atoms with van der Waals surface area (Å²) in [5.74, 6) is 0.0871. The lowest BCUT2D eigenvalue weighted by Crippen LogP contribution is -2.25. The molecule has 0 fully saturated rings. The minimum Gasteiger partial charge on any atom is -0.504 e. The predicted molar refractivity (Wildman–Crippen MR) is 122 cm³/mol. The summed E-state index contributed by atoms with van der Waals surface area (Å²) in [4.78, 5) is 12.8. The van der Waals surface area contributed by atoms with Gasteiger partial charge in [0.15, 0.2) is 11.5 Å². The van der Waals surface area contributed by atoms with Crippen molar-refractivity contribution >= 4 is 29.0 Å². The van der Waals surface area contributed by atoms with Crippen LogP contribution in [0, 0.1) is 0 Å². The van der Waals surface area contributed by atoms with Crippen molar-refractivity contribution in [3.05, 3.63) is 83.6 Å². The van der Waals surface area contributed by atoms with Crippen LogP contribution >= 0.6 is 0 Å². The van der Waals surface area contributed by atoms with E-state index in [4.69, 9.17) is 4.74 Å². The standard InChI is InChI=1S/C26H25NO3/c1-4-27-21-14-13-19-9-5-6-10-20(19)25(21)26(2,3)24(27)11-7-8-18-12-15-23(30-17-28)22(29)16-18/h5-17,29H,4H2,1-3H3/b8-7+,24-11+. The molecule has 1 aliphatic heterocycles. The van der Waals surface area contributed by atoms with E-state index in [2.05, 4.69) is 68.1 Å². The zero-order valence-corrected chi connectivity index (χ0v) is 17.4. The van der Waals surface area contributed by atoms with Crippen molar-refractivity contribution < 1.29 is 14.6 Å². The van der Waals surface area contributed by atoms with E-state index in [0.29, 0.717) is 6.47 Å². The van der Waals surface area contributed by atoms with Gasteiger partial charge in [0.2, 0.25) is 0 Å². The molecule has 0 saturated carbocycles. The smallest absolute Gasteiger partial charge is 0.298 e. The second kappa shape index (κ2) is 7.71. The topological polar surface area (TPSA) is 49.8 Å². The van der Waals surface area contributed by atoms with Crippen molar-refractivity contribution in [1.29, 1.82) is 0 Å². The Bertz CT molecular complexity index is 1170. The summed E-state index contributed by atoms with van der Waals surface area (Å²) in [6.45, 7) is 7.89. The summed E-state index contributed by atoms with van der Waals surface area (Å²) in [7, 11) is 0. The first-order valence-electron chi connectivity index (χ1n) is 10.1. The second-order valence-corrected chi connectivity index (χ2v) is 7.90. The summed E-state index contributed by atoms with van der Waals surface area (Å²) in [5.41, 5.74) is 4.53. The van der Waals surface area contributed by atoms with Gasteiger partial charge in [-0.2, -0.15) is 0 Å². The van der Waals surface area contributed by atoms with E-state index in [1.54, 1.807) is 18.2 Å². The average molecular weight is 399 g/mol. The van der Waals surface area contributed by atoms with Gasteiger partial charge in [0.1, 0.15) is 0 Å². The molecule has 3 aromatic rings. The van der Waals surface area contributed by atoms with E-state index >= 15 is 0 Å². The molecule has 4 nitrogen and oxygen atoms in total. The fourth-order valence-corrected chi connectivity index (χ4v) is 4.42. The Balaban J connectivity index is 1.72. The lowest BCUT2D eigenvalue weighted by molar-refractivity contribution is -0.120. The van der Waals surface area contributed by atoms with E-state index < -0.39 is 0 Å². The van der Waals surface area contributed by atoms with Crippen molar-refractivity contribution in [2.75, 3.05) is 11.4 Å². The fraction of sp³-hybridized carbons (Fsp3) is 0.192. The molecule has 0 aromatic heterocycles. The zero-order chi connectivity index (χ0) is 21.3. The van der Waals surface area contributed by atoms with Gasteiger partial charge < -0.3 is 14.7 Å². The number of hydrogen-bond donors (Lipinski definition) is 1. The zero-order valence-electron chi connectivity index (χ0n) is 17.4. The van der Waals surface area contributed by atoms with Crippen LogP contribution in [0.1, 0.15) is 31.9 Å². The maximum absolute atomic E-state index is 10.5. The highest BCUT2D eigenvalue weighted by molar-refractivity contribution is 5.94. The van der Waals surface area contributed by atoms with Gasteiger partial charge in [-0.1, -0.05) is 62.4 Å². The van der Waals surface area contributed by atoms with Crippen LogP contribution in [0.4, 0.5) is 5.69 Å².